The van der Waals surface area contributed by atoms with Crippen molar-refractivity contribution in [1.82, 2.24) is 0 Å². The number of carbonyl (C=O) groups is 1. The Hall–Kier alpha value is -2.28. The molecule has 4 heteroatoms. The Labute approximate surface area is 113 Å². The van der Waals surface area contributed by atoms with Gasteiger partial charge < -0.3 is 9.47 Å². The molecule has 0 amide bonds. The molecule has 0 aliphatic rings. The lowest BCUT2D eigenvalue weighted by molar-refractivity contribution is -0.135. The van der Waals surface area contributed by atoms with Gasteiger partial charge in [0, 0.05) is 0 Å². The summed E-state index contributed by atoms with van der Waals surface area (Å²) in [6.45, 7) is 2.80. The molecule has 0 saturated heterocycles. The number of methoxy groups -OCH3 is 1. The Morgan fingerprint density at radius 3 is 2.58 bits per heavy atom. The molecule has 1 aromatic carbocycles. The van der Waals surface area contributed by atoms with Crippen molar-refractivity contribution in [2.45, 2.75) is 19.8 Å². The predicted octanol–water partition coefficient (Wildman–Crippen LogP) is 2.95. The van der Waals surface area contributed by atoms with Gasteiger partial charge in [-0.3, -0.25) is 0 Å². The monoisotopic (exact) mass is 259 g/mol. The molecular weight excluding hydrogens is 242 g/mol. The van der Waals surface area contributed by atoms with Crippen molar-refractivity contribution in [2.75, 3.05) is 13.7 Å². The lowest BCUT2D eigenvalue weighted by Crippen LogP contribution is -2.02. The molecule has 0 bridgehead atoms. The highest BCUT2D eigenvalue weighted by Gasteiger charge is 2.08. The normalized spacial score (nSPS) is 10.7. The zero-order valence-corrected chi connectivity index (χ0v) is 11.2. The summed E-state index contributed by atoms with van der Waals surface area (Å²) in [7, 11) is 1.25. The Kier molecular flexibility index (Phi) is 6.17. The van der Waals surface area contributed by atoms with E-state index in [0.717, 1.165) is 24.2 Å². The van der Waals surface area contributed by atoms with Gasteiger partial charge in [0.25, 0.3) is 0 Å². The third-order valence-electron chi connectivity index (χ3n) is 2.48. The lowest BCUT2D eigenvalue weighted by Gasteiger charge is -2.05. The van der Waals surface area contributed by atoms with Crippen molar-refractivity contribution < 1.29 is 14.3 Å². The number of unbranched alkanes of at least 4 members (excludes halogenated alkanes) is 1. The van der Waals surface area contributed by atoms with Gasteiger partial charge in [-0.05, 0) is 30.2 Å². The molecule has 0 unspecified atom stereocenters. The molecule has 1 aromatic rings. The minimum absolute atomic E-state index is 0.0258. The van der Waals surface area contributed by atoms with Gasteiger partial charge in [-0.1, -0.05) is 25.5 Å². The van der Waals surface area contributed by atoms with E-state index < -0.39 is 5.97 Å². The average Bonchev–Trinajstić information content (AvgIpc) is 2.45. The number of nitriles is 1. The van der Waals surface area contributed by atoms with Crippen LogP contribution < -0.4 is 4.74 Å². The molecule has 0 radical (unpaired) electrons. The Morgan fingerprint density at radius 2 is 2.05 bits per heavy atom. The molecule has 1 rings (SSSR count). The number of esters is 1. The SMILES string of the molecule is CCCCOc1ccc(/C=C(\C#N)C(=O)OC)cc1. The van der Waals surface area contributed by atoms with Gasteiger partial charge >= 0.3 is 5.97 Å². The summed E-state index contributed by atoms with van der Waals surface area (Å²) in [5.74, 6) is 0.146. The zero-order chi connectivity index (χ0) is 14.1. The van der Waals surface area contributed by atoms with E-state index in [9.17, 15) is 4.79 Å². The standard InChI is InChI=1S/C15H17NO3/c1-3-4-9-19-14-7-5-12(6-8-14)10-13(11-16)15(17)18-2/h5-8,10H,3-4,9H2,1-2H3/b13-10+. The maximum Gasteiger partial charge on any atom is 0.348 e. The number of hydrogen-bond acceptors (Lipinski definition) is 4. The van der Waals surface area contributed by atoms with Gasteiger partial charge in [0.05, 0.1) is 13.7 Å². The van der Waals surface area contributed by atoms with Crippen LogP contribution in [-0.2, 0) is 9.53 Å². The van der Waals surface area contributed by atoms with Crippen molar-refractivity contribution in [3.8, 4) is 11.8 Å². The van der Waals surface area contributed by atoms with E-state index in [1.165, 1.54) is 13.2 Å². The van der Waals surface area contributed by atoms with E-state index in [0.29, 0.717) is 6.61 Å². The summed E-state index contributed by atoms with van der Waals surface area (Å²) in [5, 5.41) is 8.84. The molecule has 0 aliphatic carbocycles. The first kappa shape index (κ1) is 14.8. The van der Waals surface area contributed by atoms with Crippen LogP contribution >= 0.6 is 0 Å². The third kappa shape index (κ3) is 4.84. The fourth-order valence-corrected chi connectivity index (χ4v) is 1.41. The fraction of sp³-hybridized carbons (Fsp3) is 0.333. The number of benzene rings is 1. The average molecular weight is 259 g/mol. The molecule has 19 heavy (non-hydrogen) atoms. The molecule has 0 spiro atoms. The molecule has 0 atom stereocenters. The highest BCUT2D eigenvalue weighted by atomic mass is 16.5. The summed E-state index contributed by atoms with van der Waals surface area (Å²) in [6.07, 6.45) is 3.59. The quantitative estimate of drug-likeness (QED) is 0.341. The van der Waals surface area contributed by atoms with Crippen LogP contribution in [0.15, 0.2) is 29.8 Å². The number of carbonyl (C=O) groups excluding carboxylic acids is 1. The van der Waals surface area contributed by atoms with Crippen LogP contribution in [0.25, 0.3) is 6.08 Å². The topological polar surface area (TPSA) is 59.3 Å². The fourth-order valence-electron chi connectivity index (χ4n) is 1.41. The van der Waals surface area contributed by atoms with E-state index in [-0.39, 0.29) is 5.57 Å². The molecule has 0 N–H and O–H groups in total. The Balaban J connectivity index is 2.73. The van der Waals surface area contributed by atoms with Crippen LogP contribution in [0, 0.1) is 11.3 Å². The molecule has 0 aromatic heterocycles. The van der Waals surface area contributed by atoms with Gasteiger partial charge in [-0.15, -0.1) is 0 Å². The van der Waals surface area contributed by atoms with Crippen molar-refractivity contribution in [3.63, 3.8) is 0 Å². The van der Waals surface area contributed by atoms with Gasteiger partial charge in [0.2, 0.25) is 0 Å². The van der Waals surface area contributed by atoms with E-state index >= 15 is 0 Å². The predicted molar refractivity (Wildman–Crippen MR) is 72.5 cm³/mol. The second-order valence-electron chi connectivity index (χ2n) is 3.93. The number of rotatable bonds is 6. The van der Waals surface area contributed by atoms with Crippen molar-refractivity contribution in [2.24, 2.45) is 0 Å². The summed E-state index contributed by atoms with van der Waals surface area (Å²) < 4.78 is 10.0. The first-order chi connectivity index (χ1) is 9.21. The second-order valence-corrected chi connectivity index (χ2v) is 3.93. The smallest absolute Gasteiger partial charge is 0.348 e. The van der Waals surface area contributed by atoms with E-state index in [1.807, 2.05) is 18.2 Å². The van der Waals surface area contributed by atoms with Crippen LogP contribution in [0.2, 0.25) is 0 Å². The van der Waals surface area contributed by atoms with Crippen molar-refractivity contribution in [3.05, 3.63) is 35.4 Å². The second kappa shape index (κ2) is 7.93. The summed E-state index contributed by atoms with van der Waals surface area (Å²) in [4.78, 5) is 11.3. The highest BCUT2D eigenvalue weighted by molar-refractivity contribution is 5.97. The van der Waals surface area contributed by atoms with Crippen LogP contribution in [-0.4, -0.2) is 19.7 Å². The van der Waals surface area contributed by atoms with Crippen LogP contribution in [0.1, 0.15) is 25.3 Å². The van der Waals surface area contributed by atoms with Gasteiger partial charge in [-0.2, -0.15) is 5.26 Å². The van der Waals surface area contributed by atoms with E-state index in [2.05, 4.69) is 11.7 Å². The van der Waals surface area contributed by atoms with Crippen LogP contribution in [0.3, 0.4) is 0 Å². The molecule has 0 aliphatic heterocycles. The largest absolute Gasteiger partial charge is 0.494 e. The highest BCUT2D eigenvalue weighted by Crippen LogP contribution is 2.15. The molecule has 4 nitrogen and oxygen atoms in total. The summed E-state index contributed by atoms with van der Waals surface area (Å²) in [6, 6.07) is 9.03. The van der Waals surface area contributed by atoms with E-state index in [4.69, 9.17) is 10.00 Å². The Bertz CT molecular complexity index is 483. The minimum Gasteiger partial charge on any atom is -0.494 e. The molecule has 0 heterocycles. The number of ether oxygens (including phenoxy) is 2. The maximum absolute atomic E-state index is 11.3. The van der Waals surface area contributed by atoms with Crippen molar-refractivity contribution in [1.29, 1.82) is 5.26 Å². The summed E-state index contributed by atoms with van der Waals surface area (Å²) in [5.41, 5.74) is 0.729. The molecular formula is C15H17NO3. The van der Waals surface area contributed by atoms with Gasteiger partial charge in [0.1, 0.15) is 17.4 Å². The molecule has 0 fully saturated rings. The van der Waals surface area contributed by atoms with Gasteiger partial charge in [-0.25, -0.2) is 4.79 Å². The maximum atomic E-state index is 11.3. The molecule has 100 valence electrons. The van der Waals surface area contributed by atoms with E-state index in [1.54, 1.807) is 12.1 Å². The third-order valence-corrected chi connectivity index (χ3v) is 2.48. The lowest BCUT2D eigenvalue weighted by atomic mass is 10.1. The van der Waals surface area contributed by atoms with Crippen LogP contribution in [0.5, 0.6) is 5.75 Å². The van der Waals surface area contributed by atoms with Crippen molar-refractivity contribution >= 4 is 12.0 Å². The summed E-state index contributed by atoms with van der Waals surface area (Å²) >= 11 is 0. The zero-order valence-electron chi connectivity index (χ0n) is 11.2. The Morgan fingerprint density at radius 1 is 1.37 bits per heavy atom. The minimum atomic E-state index is -0.634. The number of hydrogen-bond donors (Lipinski definition) is 0. The van der Waals surface area contributed by atoms with Crippen LogP contribution in [0.4, 0.5) is 0 Å². The first-order valence-corrected chi connectivity index (χ1v) is 6.14. The number of nitrogens with zero attached hydrogens (tertiary/aromatic N) is 1. The van der Waals surface area contributed by atoms with Gasteiger partial charge in [0.15, 0.2) is 0 Å². The first-order valence-electron chi connectivity index (χ1n) is 6.14. The molecule has 0 saturated carbocycles.